The topological polar surface area (TPSA) is 75.7 Å². The van der Waals surface area contributed by atoms with E-state index >= 15 is 0 Å². The zero-order chi connectivity index (χ0) is 8.65. The molecule has 0 aromatic heterocycles. The lowest BCUT2D eigenvalue weighted by Crippen LogP contribution is -2.54. The van der Waals surface area contributed by atoms with Gasteiger partial charge in [0.25, 0.3) is 0 Å². The maximum absolute atomic E-state index is 9.40. The monoisotopic (exact) mass is 157 g/mol. The van der Waals surface area contributed by atoms with Crippen LogP contribution in [0.5, 0.6) is 0 Å². The van der Waals surface area contributed by atoms with E-state index in [-0.39, 0.29) is 6.61 Å². The Balaban J connectivity index is 2.71. The number of aliphatic hydroxyl groups excluding tert-OH is 2. The first kappa shape index (κ1) is 9.00. The van der Waals surface area contributed by atoms with Gasteiger partial charge in [0.2, 0.25) is 0 Å². The molecule has 1 aliphatic heterocycles. The first-order valence-electron chi connectivity index (χ1n) is 3.49. The third kappa shape index (κ3) is 1.29. The van der Waals surface area contributed by atoms with Crippen LogP contribution in [0.3, 0.4) is 0 Å². The Morgan fingerprint density at radius 3 is 2.45 bits per heavy atom. The van der Waals surface area contributed by atoms with Crippen LogP contribution in [0.25, 0.3) is 0 Å². The minimum Gasteiger partial charge on any atom is -0.394 e. The highest BCUT2D eigenvalue weighted by molar-refractivity contribution is 6.12. The second kappa shape index (κ2) is 2.75. The van der Waals surface area contributed by atoms with Crippen molar-refractivity contribution in [2.45, 2.75) is 30.7 Å². The van der Waals surface area contributed by atoms with Crippen LogP contribution in [0, 0.1) is 0 Å². The van der Waals surface area contributed by atoms with Crippen LogP contribution in [0.2, 0.25) is 0 Å². The van der Waals surface area contributed by atoms with Gasteiger partial charge in [-0.2, -0.15) is 0 Å². The molecule has 1 aliphatic rings. The van der Waals surface area contributed by atoms with Crippen molar-refractivity contribution >= 4 is 7.85 Å². The van der Waals surface area contributed by atoms with Crippen LogP contribution in [0.4, 0.5) is 0 Å². The standard InChI is InChI=1S/C6H12BNO3/c1-6(8)4(10)3(2-9)11-5(6)7/h3-5,9-10H,2,8H2,1H3. The zero-order valence-corrected chi connectivity index (χ0v) is 6.40. The quantitative estimate of drug-likeness (QED) is 0.383. The normalized spacial score (nSPS) is 51.5. The van der Waals surface area contributed by atoms with Crippen LogP contribution in [0.1, 0.15) is 6.92 Å². The van der Waals surface area contributed by atoms with E-state index in [1.165, 1.54) is 0 Å². The van der Waals surface area contributed by atoms with Crippen molar-refractivity contribution in [3.63, 3.8) is 0 Å². The Labute approximate surface area is 66.8 Å². The van der Waals surface area contributed by atoms with E-state index in [4.69, 9.17) is 23.4 Å². The van der Waals surface area contributed by atoms with E-state index in [0.717, 1.165) is 0 Å². The second-order valence-electron chi connectivity index (χ2n) is 3.09. The SMILES string of the molecule is [B]C1OC(CO)C(O)C1(C)N. The third-order valence-corrected chi connectivity index (χ3v) is 2.10. The fourth-order valence-corrected chi connectivity index (χ4v) is 1.12. The summed E-state index contributed by atoms with van der Waals surface area (Å²) in [5.41, 5.74) is 4.65. The summed E-state index contributed by atoms with van der Waals surface area (Å²) in [5.74, 6) is 0. The molecule has 2 radical (unpaired) electrons. The summed E-state index contributed by atoms with van der Waals surface area (Å²) in [6.45, 7) is 1.33. The lowest BCUT2D eigenvalue weighted by molar-refractivity contribution is -0.00539. The first-order chi connectivity index (χ1) is 5.00. The summed E-state index contributed by atoms with van der Waals surface area (Å²) < 4.78 is 4.99. The van der Waals surface area contributed by atoms with Gasteiger partial charge in [-0.3, -0.25) is 0 Å². The molecule has 4 N–H and O–H groups in total. The molecule has 0 amide bonds. The van der Waals surface area contributed by atoms with E-state index in [1.54, 1.807) is 6.92 Å². The van der Waals surface area contributed by atoms with E-state index in [2.05, 4.69) is 0 Å². The van der Waals surface area contributed by atoms with Gasteiger partial charge in [-0.05, 0) is 6.92 Å². The molecule has 0 aromatic carbocycles. The molecule has 0 aliphatic carbocycles. The van der Waals surface area contributed by atoms with Crippen molar-refractivity contribution in [1.82, 2.24) is 0 Å². The highest BCUT2D eigenvalue weighted by atomic mass is 16.5. The molecule has 5 heteroatoms. The molecule has 0 spiro atoms. The molecule has 0 bridgehead atoms. The Morgan fingerprint density at radius 1 is 1.73 bits per heavy atom. The fraction of sp³-hybridized carbons (Fsp3) is 1.00. The maximum atomic E-state index is 9.40. The van der Waals surface area contributed by atoms with E-state index in [1.807, 2.05) is 0 Å². The van der Waals surface area contributed by atoms with Crippen LogP contribution in [0.15, 0.2) is 0 Å². The Kier molecular flexibility index (Phi) is 2.25. The van der Waals surface area contributed by atoms with Gasteiger partial charge in [0.15, 0.2) is 0 Å². The van der Waals surface area contributed by atoms with Crippen LogP contribution in [-0.2, 0) is 4.74 Å². The highest BCUT2D eigenvalue weighted by Crippen LogP contribution is 2.26. The summed E-state index contributed by atoms with van der Waals surface area (Å²) in [6.07, 6.45) is -1.55. The molecule has 1 heterocycles. The smallest absolute Gasteiger partial charge is 0.111 e. The Morgan fingerprint density at radius 2 is 2.27 bits per heavy atom. The lowest BCUT2D eigenvalue weighted by Gasteiger charge is -2.25. The van der Waals surface area contributed by atoms with Gasteiger partial charge in [0, 0.05) is 6.00 Å². The fourth-order valence-electron chi connectivity index (χ4n) is 1.12. The molecule has 4 atom stereocenters. The molecule has 1 rings (SSSR count). The van der Waals surface area contributed by atoms with Gasteiger partial charge < -0.3 is 20.7 Å². The third-order valence-electron chi connectivity index (χ3n) is 2.10. The van der Waals surface area contributed by atoms with Crippen LogP contribution >= 0.6 is 0 Å². The molecular weight excluding hydrogens is 145 g/mol. The molecule has 11 heavy (non-hydrogen) atoms. The zero-order valence-electron chi connectivity index (χ0n) is 6.40. The summed E-state index contributed by atoms with van der Waals surface area (Å²) in [7, 11) is 5.45. The van der Waals surface area contributed by atoms with E-state index < -0.39 is 23.8 Å². The molecular formula is C6H12BNO3. The minimum absolute atomic E-state index is 0.262. The second-order valence-corrected chi connectivity index (χ2v) is 3.09. The van der Waals surface area contributed by atoms with E-state index in [9.17, 15) is 5.11 Å². The predicted octanol–water partition coefficient (Wildman–Crippen LogP) is -2.05. The largest absolute Gasteiger partial charge is 0.394 e. The van der Waals surface area contributed by atoms with Gasteiger partial charge in [-0.1, -0.05) is 0 Å². The Hall–Kier alpha value is -0.0951. The van der Waals surface area contributed by atoms with Crippen molar-refractivity contribution < 1.29 is 14.9 Å². The van der Waals surface area contributed by atoms with Gasteiger partial charge in [0.05, 0.1) is 12.1 Å². The summed E-state index contributed by atoms with van der Waals surface area (Å²) >= 11 is 0. The summed E-state index contributed by atoms with van der Waals surface area (Å²) in [6, 6.07) is -0.713. The van der Waals surface area contributed by atoms with Gasteiger partial charge in [0.1, 0.15) is 20.1 Å². The lowest BCUT2D eigenvalue weighted by atomic mass is 9.80. The van der Waals surface area contributed by atoms with Crippen molar-refractivity contribution in [3.05, 3.63) is 0 Å². The minimum atomic E-state index is -0.965. The van der Waals surface area contributed by atoms with Gasteiger partial charge in [-0.25, -0.2) is 0 Å². The molecule has 1 saturated heterocycles. The molecule has 62 valence electrons. The maximum Gasteiger partial charge on any atom is 0.111 e. The van der Waals surface area contributed by atoms with Crippen LogP contribution < -0.4 is 5.73 Å². The molecule has 1 fully saturated rings. The van der Waals surface area contributed by atoms with Crippen molar-refractivity contribution in [3.8, 4) is 0 Å². The van der Waals surface area contributed by atoms with Crippen LogP contribution in [-0.4, -0.2) is 48.4 Å². The van der Waals surface area contributed by atoms with Crippen molar-refractivity contribution in [2.75, 3.05) is 6.61 Å². The van der Waals surface area contributed by atoms with Crippen molar-refractivity contribution in [1.29, 1.82) is 0 Å². The molecule has 4 nitrogen and oxygen atoms in total. The average Bonchev–Trinajstić information content (AvgIpc) is 2.14. The number of hydrogen-bond acceptors (Lipinski definition) is 4. The average molecular weight is 157 g/mol. The van der Waals surface area contributed by atoms with Crippen molar-refractivity contribution in [2.24, 2.45) is 5.73 Å². The van der Waals surface area contributed by atoms with Gasteiger partial charge in [-0.15, -0.1) is 0 Å². The summed E-state index contributed by atoms with van der Waals surface area (Å²) in [4.78, 5) is 0. The van der Waals surface area contributed by atoms with Gasteiger partial charge >= 0.3 is 0 Å². The predicted molar refractivity (Wildman–Crippen MR) is 40.1 cm³/mol. The summed E-state index contributed by atoms with van der Waals surface area (Å²) in [5, 5.41) is 18.1. The number of ether oxygens (including phenoxy) is 1. The number of nitrogens with two attached hydrogens (primary N) is 1. The Bertz CT molecular complexity index is 153. The number of hydrogen-bond donors (Lipinski definition) is 3. The van der Waals surface area contributed by atoms with E-state index in [0.29, 0.717) is 0 Å². The molecule has 4 unspecified atom stereocenters. The number of aliphatic hydroxyl groups is 2. The number of rotatable bonds is 1. The highest BCUT2D eigenvalue weighted by Gasteiger charge is 2.47. The molecule has 0 aromatic rings. The molecule has 0 saturated carbocycles. The first-order valence-corrected chi connectivity index (χ1v) is 3.49.